The lowest BCUT2D eigenvalue weighted by molar-refractivity contribution is -0.153. The van der Waals surface area contributed by atoms with Crippen LogP contribution in [0.15, 0.2) is 24.3 Å². The van der Waals surface area contributed by atoms with E-state index in [1.165, 1.54) is 0 Å². The summed E-state index contributed by atoms with van der Waals surface area (Å²) in [7, 11) is 1.72. The van der Waals surface area contributed by atoms with Crippen molar-refractivity contribution >= 4 is 17.6 Å². The number of ether oxygens (including phenoxy) is 2. The topological polar surface area (TPSA) is 81.9 Å². The van der Waals surface area contributed by atoms with Crippen LogP contribution >= 0.6 is 0 Å². The SMILES string of the molecule is CN(C(=O)COC(=O)COc1cccc(N)c1)C1CC1. The third-order valence-corrected chi connectivity index (χ3v) is 3.06. The Hall–Kier alpha value is -2.24. The quantitative estimate of drug-likeness (QED) is 0.615. The molecule has 6 heteroatoms. The Morgan fingerprint density at radius 3 is 2.75 bits per heavy atom. The monoisotopic (exact) mass is 278 g/mol. The van der Waals surface area contributed by atoms with Crippen molar-refractivity contribution in [3.05, 3.63) is 24.3 Å². The van der Waals surface area contributed by atoms with Crippen LogP contribution in [-0.4, -0.2) is 43.1 Å². The van der Waals surface area contributed by atoms with Crippen LogP contribution in [0.3, 0.4) is 0 Å². The Kier molecular flexibility index (Phi) is 4.45. The predicted octanol–water partition coefficient (Wildman–Crippen LogP) is 0.812. The molecular weight excluding hydrogens is 260 g/mol. The molecule has 0 aromatic heterocycles. The van der Waals surface area contributed by atoms with Gasteiger partial charge in [-0.2, -0.15) is 0 Å². The third kappa shape index (κ3) is 4.15. The second-order valence-corrected chi connectivity index (χ2v) is 4.76. The molecule has 1 aliphatic rings. The minimum Gasteiger partial charge on any atom is -0.482 e. The normalized spacial score (nSPS) is 13.7. The lowest BCUT2D eigenvalue weighted by Gasteiger charge is -2.15. The second kappa shape index (κ2) is 6.27. The van der Waals surface area contributed by atoms with Gasteiger partial charge in [-0.15, -0.1) is 0 Å². The molecule has 0 atom stereocenters. The number of benzene rings is 1. The van der Waals surface area contributed by atoms with Gasteiger partial charge < -0.3 is 20.1 Å². The molecule has 0 radical (unpaired) electrons. The van der Waals surface area contributed by atoms with E-state index in [1.807, 2.05) is 0 Å². The van der Waals surface area contributed by atoms with Gasteiger partial charge in [-0.25, -0.2) is 4.79 Å². The average molecular weight is 278 g/mol. The summed E-state index contributed by atoms with van der Waals surface area (Å²) >= 11 is 0. The summed E-state index contributed by atoms with van der Waals surface area (Å²) in [5.41, 5.74) is 6.14. The fourth-order valence-electron chi connectivity index (χ4n) is 1.70. The van der Waals surface area contributed by atoms with Crippen LogP contribution in [0.5, 0.6) is 5.75 Å². The minimum atomic E-state index is -0.579. The largest absolute Gasteiger partial charge is 0.482 e. The number of rotatable bonds is 6. The van der Waals surface area contributed by atoms with Gasteiger partial charge in [-0.1, -0.05) is 6.07 Å². The maximum absolute atomic E-state index is 11.6. The summed E-state index contributed by atoms with van der Waals surface area (Å²) in [6, 6.07) is 7.06. The van der Waals surface area contributed by atoms with Crippen molar-refractivity contribution in [3.8, 4) is 5.75 Å². The Balaban J connectivity index is 1.68. The molecule has 2 rings (SSSR count). The highest BCUT2D eigenvalue weighted by molar-refractivity contribution is 5.81. The van der Waals surface area contributed by atoms with Crippen LogP contribution in [0.4, 0.5) is 5.69 Å². The first-order valence-electron chi connectivity index (χ1n) is 6.46. The molecule has 1 saturated carbocycles. The van der Waals surface area contributed by atoms with Gasteiger partial charge >= 0.3 is 5.97 Å². The highest BCUT2D eigenvalue weighted by Gasteiger charge is 2.29. The molecule has 20 heavy (non-hydrogen) atoms. The lowest BCUT2D eigenvalue weighted by atomic mass is 10.3. The summed E-state index contributed by atoms with van der Waals surface area (Å²) in [6.45, 7) is -0.490. The van der Waals surface area contributed by atoms with Crippen molar-refractivity contribution in [3.63, 3.8) is 0 Å². The van der Waals surface area contributed by atoms with E-state index in [2.05, 4.69) is 0 Å². The summed E-state index contributed by atoms with van der Waals surface area (Å²) in [5, 5.41) is 0. The second-order valence-electron chi connectivity index (χ2n) is 4.76. The molecule has 0 unspecified atom stereocenters. The van der Waals surface area contributed by atoms with Crippen molar-refractivity contribution in [1.82, 2.24) is 4.90 Å². The van der Waals surface area contributed by atoms with Crippen LogP contribution < -0.4 is 10.5 Å². The first-order chi connectivity index (χ1) is 9.56. The maximum atomic E-state index is 11.6. The zero-order chi connectivity index (χ0) is 14.5. The lowest BCUT2D eigenvalue weighted by Crippen LogP contribution is -2.33. The van der Waals surface area contributed by atoms with Gasteiger partial charge in [0.15, 0.2) is 13.2 Å². The Morgan fingerprint density at radius 1 is 1.35 bits per heavy atom. The van der Waals surface area contributed by atoms with Crippen molar-refractivity contribution < 1.29 is 19.1 Å². The van der Waals surface area contributed by atoms with Gasteiger partial charge in [0.2, 0.25) is 0 Å². The Bertz CT molecular complexity index is 500. The number of hydrogen-bond donors (Lipinski definition) is 1. The van der Waals surface area contributed by atoms with E-state index in [9.17, 15) is 9.59 Å². The Morgan fingerprint density at radius 2 is 2.10 bits per heavy atom. The van der Waals surface area contributed by atoms with Gasteiger partial charge in [0.05, 0.1) is 0 Å². The van der Waals surface area contributed by atoms with E-state index in [0.29, 0.717) is 17.5 Å². The van der Waals surface area contributed by atoms with Crippen LogP contribution in [0.1, 0.15) is 12.8 Å². The molecular formula is C14H18N2O4. The van der Waals surface area contributed by atoms with Gasteiger partial charge in [0, 0.05) is 24.8 Å². The van der Waals surface area contributed by atoms with E-state index >= 15 is 0 Å². The minimum absolute atomic E-state index is 0.190. The number of nitrogens with two attached hydrogens (primary N) is 1. The van der Waals surface area contributed by atoms with Crippen LogP contribution in [-0.2, 0) is 14.3 Å². The Labute approximate surface area is 117 Å². The zero-order valence-corrected chi connectivity index (χ0v) is 11.4. The van der Waals surface area contributed by atoms with E-state index < -0.39 is 5.97 Å². The summed E-state index contributed by atoms with van der Waals surface area (Å²) in [5.74, 6) is -0.279. The zero-order valence-electron chi connectivity index (χ0n) is 11.4. The molecule has 0 spiro atoms. The highest BCUT2D eigenvalue weighted by Crippen LogP contribution is 2.25. The van der Waals surface area contributed by atoms with Crippen molar-refractivity contribution in [2.24, 2.45) is 0 Å². The number of carbonyl (C=O) groups excluding carboxylic acids is 2. The number of hydrogen-bond acceptors (Lipinski definition) is 5. The number of amides is 1. The molecule has 2 N–H and O–H groups in total. The van der Waals surface area contributed by atoms with Crippen molar-refractivity contribution in [2.75, 3.05) is 26.0 Å². The van der Waals surface area contributed by atoms with Crippen molar-refractivity contribution in [1.29, 1.82) is 0 Å². The number of esters is 1. The molecule has 1 fully saturated rings. The van der Waals surface area contributed by atoms with Gasteiger partial charge in [0.1, 0.15) is 5.75 Å². The molecule has 108 valence electrons. The number of anilines is 1. The van der Waals surface area contributed by atoms with E-state index in [1.54, 1.807) is 36.2 Å². The number of carbonyl (C=O) groups is 2. The van der Waals surface area contributed by atoms with E-state index in [-0.39, 0.29) is 19.1 Å². The predicted molar refractivity (Wildman–Crippen MR) is 73.1 cm³/mol. The molecule has 1 amide bonds. The highest BCUT2D eigenvalue weighted by atomic mass is 16.6. The average Bonchev–Trinajstić information content (AvgIpc) is 3.26. The number of nitrogens with zero attached hydrogens (tertiary/aromatic N) is 1. The van der Waals surface area contributed by atoms with E-state index in [0.717, 1.165) is 12.8 Å². The van der Waals surface area contributed by atoms with Gasteiger partial charge in [0.25, 0.3) is 5.91 Å². The molecule has 0 saturated heterocycles. The van der Waals surface area contributed by atoms with Gasteiger partial charge in [-0.05, 0) is 25.0 Å². The molecule has 1 aromatic rings. The summed E-state index contributed by atoms with van der Waals surface area (Å²) in [4.78, 5) is 24.7. The van der Waals surface area contributed by atoms with Crippen LogP contribution in [0, 0.1) is 0 Å². The van der Waals surface area contributed by atoms with Gasteiger partial charge in [-0.3, -0.25) is 4.79 Å². The van der Waals surface area contributed by atoms with Crippen LogP contribution in [0.25, 0.3) is 0 Å². The van der Waals surface area contributed by atoms with Crippen LogP contribution in [0.2, 0.25) is 0 Å². The smallest absolute Gasteiger partial charge is 0.344 e. The van der Waals surface area contributed by atoms with E-state index in [4.69, 9.17) is 15.2 Å². The molecule has 1 aliphatic carbocycles. The standard InChI is InChI=1S/C14H18N2O4/c1-16(11-5-6-11)13(17)8-20-14(18)9-19-12-4-2-3-10(15)7-12/h2-4,7,11H,5-6,8-9,15H2,1H3. The molecule has 1 aromatic carbocycles. The molecule has 6 nitrogen and oxygen atoms in total. The third-order valence-electron chi connectivity index (χ3n) is 3.06. The summed E-state index contributed by atoms with van der Waals surface area (Å²) in [6.07, 6.45) is 2.05. The first-order valence-corrected chi connectivity index (χ1v) is 6.46. The fourth-order valence-corrected chi connectivity index (χ4v) is 1.70. The number of likely N-dealkylation sites (N-methyl/N-ethyl adjacent to an activating group) is 1. The maximum Gasteiger partial charge on any atom is 0.344 e. The number of nitrogen functional groups attached to an aromatic ring is 1. The van der Waals surface area contributed by atoms with Crippen molar-refractivity contribution in [2.45, 2.75) is 18.9 Å². The summed E-state index contributed by atoms with van der Waals surface area (Å²) < 4.78 is 10.1. The molecule has 0 aliphatic heterocycles. The molecule has 0 bridgehead atoms. The fraction of sp³-hybridized carbons (Fsp3) is 0.429. The first kappa shape index (κ1) is 14.2. The molecule has 0 heterocycles.